The predicted octanol–water partition coefficient (Wildman–Crippen LogP) is 3.95. The molecule has 1 amide bonds. The highest BCUT2D eigenvalue weighted by atomic mass is 16.2. The number of aryl methyl sites for hydroxylation is 1. The van der Waals surface area contributed by atoms with Crippen molar-refractivity contribution in [2.24, 2.45) is 14.1 Å². The van der Waals surface area contributed by atoms with Gasteiger partial charge in [0.2, 0.25) is 5.91 Å². The minimum Gasteiger partial charge on any atom is -0.326 e. The van der Waals surface area contributed by atoms with Crippen molar-refractivity contribution >= 4 is 22.5 Å². The number of hydrogen-bond donors (Lipinski definition) is 1. The lowest BCUT2D eigenvalue weighted by molar-refractivity contribution is -0.114. The lowest BCUT2D eigenvalue weighted by Gasteiger charge is -2.19. The number of nitrogens with one attached hydrogen (secondary N) is 1. The molecular weight excluding hydrogens is 416 g/mol. The van der Waals surface area contributed by atoms with Crippen molar-refractivity contribution in [3.8, 4) is 16.9 Å². The number of nitrogens with zero attached hydrogens (tertiary/aromatic N) is 3. The fourth-order valence-corrected chi connectivity index (χ4v) is 4.06. The molecule has 0 spiro atoms. The van der Waals surface area contributed by atoms with Crippen LogP contribution in [0.25, 0.3) is 27.8 Å². The van der Waals surface area contributed by atoms with E-state index in [1.54, 1.807) is 7.05 Å². The van der Waals surface area contributed by atoms with Gasteiger partial charge in [-0.1, -0.05) is 45.0 Å². The SMILES string of the molecule is CC(=O)Nc1ccc(-n2cc3c(c2-c2ccc(C(C)(C)C)cc2)c(=O)n(C)c(=O)n3C)cc1. The zero-order valence-electron chi connectivity index (χ0n) is 19.8. The quantitative estimate of drug-likeness (QED) is 0.520. The van der Waals surface area contributed by atoms with Gasteiger partial charge in [0.1, 0.15) is 0 Å². The number of carbonyl (C=O) groups is 1. The van der Waals surface area contributed by atoms with Gasteiger partial charge < -0.3 is 9.88 Å². The highest BCUT2D eigenvalue weighted by Gasteiger charge is 2.21. The Bertz CT molecular complexity index is 1480. The highest BCUT2D eigenvalue weighted by Crippen LogP contribution is 2.33. The molecule has 2 heterocycles. The monoisotopic (exact) mass is 444 g/mol. The van der Waals surface area contributed by atoms with E-state index in [0.29, 0.717) is 22.3 Å². The molecule has 33 heavy (non-hydrogen) atoms. The molecule has 7 nitrogen and oxygen atoms in total. The smallest absolute Gasteiger partial charge is 0.326 e. The first-order chi connectivity index (χ1) is 15.5. The molecule has 170 valence electrons. The average molecular weight is 445 g/mol. The number of hydrogen-bond acceptors (Lipinski definition) is 3. The van der Waals surface area contributed by atoms with Crippen LogP contribution in [-0.2, 0) is 24.3 Å². The van der Waals surface area contributed by atoms with Crippen molar-refractivity contribution in [2.75, 3.05) is 5.32 Å². The summed E-state index contributed by atoms with van der Waals surface area (Å²) in [5, 5.41) is 3.24. The van der Waals surface area contributed by atoms with E-state index >= 15 is 0 Å². The van der Waals surface area contributed by atoms with Gasteiger partial charge in [0.15, 0.2) is 0 Å². The molecule has 1 N–H and O–H groups in total. The Labute approximate surface area is 191 Å². The molecule has 0 bridgehead atoms. The summed E-state index contributed by atoms with van der Waals surface area (Å²) < 4.78 is 4.56. The van der Waals surface area contributed by atoms with Crippen LogP contribution >= 0.6 is 0 Å². The van der Waals surface area contributed by atoms with Gasteiger partial charge in [0.25, 0.3) is 5.56 Å². The minimum absolute atomic E-state index is 0.00215. The van der Waals surface area contributed by atoms with Crippen molar-refractivity contribution in [3.05, 3.63) is 81.1 Å². The Kier molecular flexibility index (Phi) is 5.36. The molecule has 0 fully saturated rings. The van der Waals surface area contributed by atoms with Crippen LogP contribution in [0.1, 0.15) is 33.3 Å². The number of fused-ring (bicyclic) bond motifs is 1. The number of aromatic nitrogens is 3. The van der Waals surface area contributed by atoms with Gasteiger partial charge in [-0.2, -0.15) is 0 Å². The molecule has 0 unspecified atom stereocenters. The van der Waals surface area contributed by atoms with E-state index in [4.69, 9.17) is 0 Å². The second kappa shape index (κ2) is 7.92. The molecule has 0 saturated heterocycles. The Balaban J connectivity index is 2.02. The second-order valence-electron chi connectivity index (χ2n) is 9.37. The maximum atomic E-state index is 13.2. The molecule has 0 radical (unpaired) electrons. The number of amides is 1. The summed E-state index contributed by atoms with van der Waals surface area (Å²) in [6, 6.07) is 15.6. The van der Waals surface area contributed by atoms with Crippen LogP contribution < -0.4 is 16.6 Å². The minimum atomic E-state index is -0.375. The number of rotatable bonds is 3. The molecule has 0 aliphatic heterocycles. The fraction of sp³-hybridized carbons (Fsp3) is 0.269. The second-order valence-corrected chi connectivity index (χ2v) is 9.37. The lowest BCUT2D eigenvalue weighted by atomic mass is 9.86. The lowest BCUT2D eigenvalue weighted by Crippen LogP contribution is -2.36. The van der Waals surface area contributed by atoms with Gasteiger partial charge in [-0.25, -0.2) is 4.79 Å². The molecule has 2 aromatic carbocycles. The van der Waals surface area contributed by atoms with Gasteiger partial charge in [-0.3, -0.25) is 18.7 Å². The molecule has 4 rings (SSSR count). The van der Waals surface area contributed by atoms with Gasteiger partial charge in [0.05, 0.1) is 16.6 Å². The van der Waals surface area contributed by atoms with Crippen LogP contribution in [0.15, 0.2) is 64.3 Å². The van der Waals surface area contributed by atoms with E-state index < -0.39 is 0 Å². The van der Waals surface area contributed by atoms with E-state index in [1.165, 1.54) is 24.1 Å². The van der Waals surface area contributed by atoms with Crippen LogP contribution in [0, 0.1) is 0 Å². The van der Waals surface area contributed by atoms with Crippen LogP contribution in [0.4, 0.5) is 5.69 Å². The van der Waals surface area contributed by atoms with Crippen LogP contribution in [0.3, 0.4) is 0 Å². The summed E-state index contributed by atoms with van der Waals surface area (Å²) in [7, 11) is 3.16. The van der Waals surface area contributed by atoms with Gasteiger partial charge in [-0.05, 0) is 40.8 Å². The first-order valence-corrected chi connectivity index (χ1v) is 10.8. The number of benzene rings is 2. The molecule has 0 saturated carbocycles. The van der Waals surface area contributed by atoms with Crippen molar-refractivity contribution < 1.29 is 4.79 Å². The molecule has 0 aliphatic carbocycles. The van der Waals surface area contributed by atoms with Crippen molar-refractivity contribution in [1.29, 1.82) is 0 Å². The third-order valence-corrected chi connectivity index (χ3v) is 5.93. The summed E-state index contributed by atoms with van der Waals surface area (Å²) in [4.78, 5) is 37.2. The van der Waals surface area contributed by atoms with E-state index in [-0.39, 0.29) is 22.6 Å². The zero-order chi connectivity index (χ0) is 24.1. The van der Waals surface area contributed by atoms with Gasteiger partial charge in [-0.15, -0.1) is 0 Å². The Hall–Kier alpha value is -3.87. The Morgan fingerprint density at radius 2 is 1.48 bits per heavy atom. The van der Waals surface area contributed by atoms with E-state index in [0.717, 1.165) is 15.8 Å². The molecule has 0 aliphatic rings. The largest absolute Gasteiger partial charge is 0.330 e. The summed E-state index contributed by atoms with van der Waals surface area (Å²) >= 11 is 0. The van der Waals surface area contributed by atoms with Crippen LogP contribution in [0.2, 0.25) is 0 Å². The Morgan fingerprint density at radius 1 is 0.879 bits per heavy atom. The van der Waals surface area contributed by atoms with Gasteiger partial charge >= 0.3 is 5.69 Å². The maximum Gasteiger partial charge on any atom is 0.330 e. The zero-order valence-corrected chi connectivity index (χ0v) is 19.8. The average Bonchev–Trinajstić information content (AvgIpc) is 3.16. The molecule has 2 aromatic heterocycles. The summed E-state index contributed by atoms with van der Waals surface area (Å²) in [6.07, 6.45) is 1.82. The molecule has 7 heteroatoms. The topological polar surface area (TPSA) is 78.0 Å². The van der Waals surface area contributed by atoms with Crippen LogP contribution in [-0.4, -0.2) is 19.6 Å². The third kappa shape index (κ3) is 3.91. The normalized spacial score (nSPS) is 11.7. The Morgan fingerprint density at radius 3 is 2.03 bits per heavy atom. The predicted molar refractivity (Wildman–Crippen MR) is 132 cm³/mol. The van der Waals surface area contributed by atoms with E-state index in [1.807, 2.05) is 47.2 Å². The maximum absolute atomic E-state index is 13.2. The standard InChI is InChI=1S/C26H28N4O3/c1-16(31)27-19-11-13-20(14-12-19)30-15-21-22(24(32)29(6)25(33)28(21)5)23(30)17-7-9-18(10-8-17)26(2,3)4/h7-15H,1-6H3,(H,27,31). The number of anilines is 1. The fourth-order valence-electron chi connectivity index (χ4n) is 4.06. The van der Waals surface area contributed by atoms with E-state index in [2.05, 4.69) is 38.2 Å². The third-order valence-electron chi connectivity index (χ3n) is 5.93. The summed E-state index contributed by atoms with van der Waals surface area (Å²) in [5.41, 5.74) is 4.12. The highest BCUT2D eigenvalue weighted by molar-refractivity contribution is 5.95. The first-order valence-electron chi connectivity index (χ1n) is 10.8. The summed E-state index contributed by atoms with van der Waals surface area (Å²) in [6.45, 7) is 7.93. The summed E-state index contributed by atoms with van der Waals surface area (Å²) in [5.74, 6) is -0.146. The first kappa shape index (κ1) is 22.3. The van der Waals surface area contributed by atoms with Crippen molar-refractivity contribution in [3.63, 3.8) is 0 Å². The molecular formula is C26H28N4O3. The van der Waals surface area contributed by atoms with Gasteiger partial charge in [0, 0.05) is 38.6 Å². The van der Waals surface area contributed by atoms with Crippen molar-refractivity contribution in [1.82, 2.24) is 13.7 Å². The van der Waals surface area contributed by atoms with Crippen molar-refractivity contribution in [2.45, 2.75) is 33.1 Å². The number of carbonyl (C=O) groups excluding carboxylic acids is 1. The van der Waals surface area contributed by atoms with Crippen LogP contribution in [0.5, 0.6) is 0 Å². The molecule has 4 aromatic rings. The van der Waals surface area contributed by atoms with E-state index in [9.17, 15) is 14.4 Å². The molecule has 0 atom stereocenters.